The molecule has 4 aromatic rings. The number of nitrogens with zero attached hydrogens (tertiary/aromatic N) is 2. The summed E-state index contributed by atoms with van der Waals surface area (Å²) >= 11 is 3.58. The first-order valence-electron chi connectivity index (χ1n) is 17.5. The van der Waals surface area contributed by atoms with Crippen molar-refractivity contribution >= 4 is 59.1 Å². The molecule has 12 heteroatoms. The van der Waals surface area contributed by atoms with Crippen molar-refractivity contribution in [2.24, 2.45) is 5.92 Å². The van der Waals surface area contributed by atoms with Crippen molar-refractivity contribution in [2.45, 2.75) is 69.2 Å². The molecule has 52 heavy (non-hydrogen) atoms. The number of benzene rings is 4. The summed E-state index contributed by atoms with van der Waals surface area (Å²) in [4.78, 5) is 45.0. The van der Waals surface area contributed by atoms with Crippen molar-refractivity contribution < 1.29 is 28.3 Å². The number of rotatable bonds is 8. The number of aliphatic hydroxyl groups excluding tert-OH is 1. The number of carbonyl (C=O) groups excluding carboxylic acids is 3. The van der Waals surface area contributed by atoms with Crippen molar-refractivity contribution in [2.75, 3.05) is 22.6 Å². The van der Waals surface area contributed by atoms with Gasteiger partial charge in [-0.3, -0.25) is 14.4 Å². The van der Waals surface area contributed by atoms with Gasteiger partial charge in [0.2, 0.25) is 14.3 Å². The maximum Gasteiger partial charge on any atom is 0.264 e. The van der Waals surface area contributed by atoms with E-state index in [9.17, 15) is 19.5 Å². The third kappa shape index (κ3) is 6.46. The number of aliphatic hydroxyl groups is 1. The van der Waals surface area contributed by atoms with Crippen LogP contribution in [0.25, 0.3) is 0 Å². The van der Waals surface area contributed by atoms with E-state index in [0.717, 1.165) is 21.2 Å². The van der Waals surface area contributed by atoms with E-state index in [0.29, 0.717) is 41.2 Å². The standard InChI is InChI=1S/C40H42BrFN4O5Si/c1-24-37(52(2,3)42)35(20-36(48)45-22-28-7-5-4-6-27(28)18-32(45)23-47)51-40(24)33-19-29(41)12-17-34(33)46(39(40)50)21-25-8-15-31(16-9-25)44-38(49)26-10-13-30(43)14-11-26/h4-17,19,24,32,35,37,47H,18,20-23,43H2,1-3H3,(H,44,49)/t24-,32-,35+,37-,40+/m0/s1. The summed E-state index contributed by atoms with van der Waals surface area (Å²) in [5.41, 5.74) is 9.49. The van der Waals surface area contributed by atoms with Crippen molar-refractivity contribution in [3.63, 3.8) is 0 Å². The summed E-state index contributed by atoms with van der Waals surface area (Å²) in [7, 11) is -3.52. The van der Waals surface area contributed by atoms with Crippen LogP contribution in [0.1, 0.15) is 46.0 Å². The molecule has 3 aliphatic heterocycles. The maximum absolute atomic E-state index is 16.5. The van der Waals surface area contributed by atoms with Crippen molar-refractivity contribution in [3.05, 3.63) is 123 Å². The zero-order valence-corrected chi connectivity index (χ0v) is 31.9. The fourth-order valence-electron chi connectivity index (χ4n) is 8.42. The van der Waals surface area contributed by atoms with Gasteiger partial charge in [0.25, 0.3) is 11.8 Å². The molecular weight excluding hydrogens is 743 g/mol. The van der Waals surface area contributed by atoms with Crippen LogP contribution in [0.2, 0.25) is 18.6 Å². The maximum atomic E-state index is 16.5. The molecule has 7 rings (SSSR count). The minimum atomic E-state index is -3.52. The largest absolute Gasteiger partial charge is 0.399 e. The van der Waals surface area contributed by atoms with Gasteiger partial charge < -0.3 is 34.8 Å². The SMILES string of the molecule is C[C@H]1[C@H]([Si](C)(C)F)[C@@H](CC(=O)N2Cc3ccccc3C[C@H]2CO)O[C@]12C(=O)N(Cc1ccc(NC(=O)c3ccc(N)cc3)cc1)c1ccc(Br)cc12. The predicted molar refractivity (Wildman–Crippen MR) is 205 cm³/mol. The van der Waals surface area contributed by atoms with Crippen molar-refractivity contribution in [1.29, 1.82) is 0 Å². The lowest BCUT2D eigenvalue weighted by Gasteiger charge is -2.37. The molecule has 0 radical (unpaired) electrons. The number of nitrogen functional groups attached to an aromatic ring is 1. The third-order valence-corrected chi connectivity index (χ3v) is 13.9. The molecular formula is C40H42BrFN4O5Si. The third-order valence-electron chi connectivity index (χ3n) is 10.9. The Morgan fingerprint density at radius 3 is 2.40 bits per heavy atom. The average molecular weight is 786 g/mol. The van der Waals surface area contributed by atoms with Crippen molar-refractivity contribution in [1.82, 2.24) is 4.90 Å². The van der Waals surface area contributed by atoms with Gasteiger partial charge in [-0.05, 0) is 90.8 Å². The normalized spacial score (nSPS) is 23.8. The molecule has 270 valence electrons. The fourth-order valence-corrected chi connectivity index (χ4v) is 11.3. The van der Waals surface area contributed by atoms with E-state index in [1.165, 1.54) is 0 Å². The highest BCUT2D eigenvalue weighted by molar-refractivity contribution is 9.10. The van der Waals surface area contributed by atoms with Crippen LogP contribution in [0.4, 0.5) is 21.2 Å². The number of nitrogens with one attached hydrogen (secondary N) is 1. The number of carbonyl (C=O) groups is 3. The molecule has 9 nitrogen and oxygen atoms in total. The highest BCUT2D eigenvalue weighted by Crippen LogP contribution is 2.60. The van der Waals surface area contributed by atoms with Gasteiger partial charge in [-0.1, -0.05) is 59.3 Å². The number of amides is 3. The van der Waals surface area contributed by atoms with Gasteiger partial charge in [0.15, 0.2) is 5.60 Å². The lowest BCUT2D eigenvalue weighted by Crippen LogP contribution is -2.48. The fraction of sp³-hybridized carbons (Fsp3) is 0.325. The van der Waals surface area contributed by atoms with Crippen LogP contribution in [0, 0.1) is 5.92 Å². The van der Waals surface area contributed by atoms with E-state index >= 15 is 4.11 Å². The topological polar surface area (TPSA) is 125 Å². The first-order chi connectivity index (χ1) is 24.8. The Morgan fingerprint density at radius 1 is 1.04 bits per heavy atom. The van der Waals surface area contributed by atoms with Crippen LogP contribution in [0.3, 0.4) is 0 Å². The van der Waals surface area contributed by atoms with Crippen LogP contribution in [0.5, 0.6) is 0 Å². The Hall–Kier alpha value is -4.36. The summed E-state index contributed by atoms with van der Waals surface area (Å²) in [6, 6.07) is 27.0. The van der Waals surface area contributed by atoms with Gasteiger partial charge in [0, 0.05) is 45.0 Å². The molecule has 3 amide bonds. The molecule has 5 atom stereocenters. The number of fused-ring (bicyclic) bond motifs is 3. The van der Waals surface area contributed by atoms with E-state index in [2.05, 4.69) is 21.2 Å². The predicted octanol–water partition coefficient (Wildman–Crippen LogP) is 6.94. The highest BCUT2D eigenvalue weighted by Gasteiger charge is 2.67. The number of nitrogens with two attached hydrogens (primary N) is 1. The van der Waals surface area contributed by atoms with Crippen molar-refractivity contribution in [3.8, 4) is 0 Å². The molecule has 1 saturated heterocycles. The van der Waals surface area contributed by atoms with Crippen LogP contribution in [-0.4, -0.2) is 54.9 Å². The van der Waals surface area contributed by atoms with Gasteiger partial charge in [0.1, 0.15) is 0 Å². The zero-order chi connectivity index (χ0) is 36.9. The molecule has 0 bridgehead atoms. The number of hydrogen-bond donors (Lipinski definition) is 3. The number of halogens is 2. The smallest absolute Gasteiger partial charge is 0.264 e. The van der Waals surface area contributed by atoms with Crippen LogP contribution in [-0.2, 0) is 39.4 Å². The summed E-state index contributed by atoms with van der Waals surface area (Å²) < 4.78 is 24.1. The van der Waals surface area contributed by atoms with Gasteiger partial charge in [-0.15, -0.1) is 0 Å². The molecule has 1 fully saturated rings. The molecule has 4 N–H and O–H groups in total. The number of hydrogen-bond acceptors (Lipinski definition) is 6. The average Bonchev–Trinajstić information content (AvgIpc) is 3.54. The molecule has 0 aromatic heterocycles. The Morgan fingerprint density at radius 2 is 1.73 bits per heavy atom. The lowest BCUT2D eigenvalue weighted by molar-refractivity contribution is -0.151. The first kappa shape index (κ1) is 36.0. The second-order valence-electron chi connectivity index (χ2n) is 14.6. The van der Waals surface area contributed by atoms with Crippen LogP contribution in [0.15, 0.2) is 95.5 Å². The summed E-state index contributed by atoms with van der Waals surface area (Å²) in [5, 5.41) is 13.1. The minimum absolute atomic E-state index is 0.101. The summed E-state index contributed by atoms with van der Waals surface area (Å²) in [5.74, 6) is -1.36. The highest BCUT2D eigenvalue weighted by atomic mass is 79.9. The first-order valence-corrected chi connectivity index (χ1v) is 21.3. The minimum Gasteiger partial charge on any atom is -0.399 e. The molecule has 0 saturated carbocycles. The van der Waals surface area contributed by atoms with E-state index in [1.54, 1.807) is 59.3 Å². The number of anilines is 3. The second-order valence-corrected chi connectivity index (χ2v) is 19.3. The molecule has 4 aromatic carbocycles. The molecule has 0 aliphatic carbocycles. The second kappa shape index (κ2) is 13.9. The van der Waals surface area contributed by atoms with E-state index in [4.69, 9.17) is 10.5 Å². The van der Waals surface area contributed by atoms with Crippen LogP contribution >= 0.6 is 15.9 Å². The summed E-state index contributed by atoms with van der Waals surface area (Å²) in [6.45, 7) is 5.49. The lowest BCUT2D eigenvalue weighted by atomic mass is 9.82. The Labute approximate surface area is 312 Å². The number of ether oxygens (including phenoxy) is 1. The van der Waals surface area contributed by atoms with Gasteiger partial charge >= 0.3 is 0 Å². The molecule has 0 unspecified atom stereocenters. The Balaban J connectivity index is 1.15. The quantitative estimate of drug-likeness (QED) is 0.101. The van der Waals surface area contributed by atoms with E-state index < -0.39 is 37.6 Å². The molecule has 3 heterocycles. The van der Waals surface area contributed by atoms with Gasteiger partial charge in [-0.25, -0.2) is 0 Å². The zero-order valence-electron chi connectivity index (χ0n) is 29.3. The van der Waals surface area contributed by atoms with E-state index in [1.807, 2.05) is 61.5 Å². The molecule has 1 spiro atoms. The van der Waals surface area contributed by atoms with Crippen LogP contribution < -0.4 is 16.0 Å². The van der Waals surface area contributed by atoms with Gasteiger partial charge in [0.05, 0.1) is 37.4 Å². The Bertz CT molecular complexity index is 2020. The Kier molecular flexibility index (Phi) is 9.62. The monoisotopic (exact) mass is 784 g/mol. The van der Waals surface area contributed by atoms with Gasteiger partial charge in [-0.2, -0.15) is 0 Å². The molecule has 3 aliphatic rings. The summed E-state index contributed by atoms with van der Waals surface area (Å²) in [6.07, 6.45) is -0.414. The van der Waals surface area contributed by atoms with E-state index in [-0.39, 0.29) is 37.3 Å².